The van der Waals surface area contributed by atoms with Gasteiger partial charge in [-0.05, 0) is 62.2 Å². The minimum absolute atomic E-state index is 0.0627. The molecule has 0 radical (unpaired) electrons. The lowest BCUT2D eigenvalue weighted by Gasteiger charge is -2.33. The van der Waals surface area contributed by atoms with Crippen molar-refractivity contribution in [1.82, 2.24) is 19.7 Å². The van der Waals surface area contributed by atoms with E-state index in [4.69, 9.17) is 16.7 Å². The van der Waals surface area contributed by atoms with E-state index in [2.05, 4.69) is 9.97 Å². The third-order valence-electron chi connectivity index (χ3n) is 6.03. The zero-order chi connectivity index (χ0) is 24.0. The summed E-state index contributed by atoms with van der Waals surface area (Å²) in [7, 11) is 0. The number of hydrogen-bond acceptors (Lipinski definition) is 4. The Balaban J connectivity index is 1.71. The number of benzene rings is 2. The van der Waals surface area contributed by atoms with Gasteiger partial charge in [0.2, 0.25) is 5.91 Å². The van der Waals surface area contributed by atoms with E-state index in [-0.39, 0.29) is 24.1 Å². The fourth-order valence-corrected chi connectivity index (χ4v) is 4.81. The molecule has 1 unspecified atom stereocenters. The van der Waals surface area contributed by atoms with E-state index in [1.54, 1.807) is 27.8 Å². The Morgan fingerprint density at radius 3 is 2.41 bits per heavy atom. The maximum absolute atomic E-state index is 13.6. The van der Waals surface area contributed by atoms with Crippen LogP contribution in [0.5, 0.6) is 0 Å². The highest BCUT2D eigenvalue weighted by Gasteiger charge is 2.38. The van der Waals surface area contributed by atoms with Crippen LogP contribution in [0.2, 0.25) is 5.02 Å². The number of rotatable bonds is 4. The molecule has 0 aliphatic carbocycles. The molecule has 1 atom stereocenters. The highest BCUT2D eigenvalue weighted by atomic mass is 35.5. The Hall–Kier alpha value is -3.58. The number of carbonyl (C=O) groups excluding carboxylic acids is 1. The zero-order valence-electron chi connectivity index (χ0n) is 19.1. The lowest BCUT2D eigenvalue weighted by molar-refractivity contribution is -0.119. The largest absolute Gasteiger partial charge is 0.292 e. The van der Waals surface area contributed by atoms with Crippen LogP contribution in [0.25, 0.3) is 5.95 Å². The Morgan fingerprint density at radius 2 is 1.74 bits per heavy atom. The zero-order valence-corrected chi connectivity index (χ0v) is 19.8. The van der Waals surface area contributed by atoms with Crippen molar-refractivity contribution in [2.75, 3.05) is 4.90 Å². The molecule has 0 fully saturated rings. The standard InChI is InChI=1S/C26H23ClFN5O/c1-15-11-16(2)30-26(29-15)33-25-24(17(3)31-33)22(19-7-9-21(28)10-8-19)13-23(34)32(25)14-18-5-4-6-20(27)12-18/h4-12,22H,13-14H2,1-3H3. The second-order valence-corrected chi connectivity index (χ2v) is 9.04. The van der Waals surface area contributed by atoms with E-state index in [0.717, 1.165) is 33.8 Å². The van der Waals surface area contributed by atoms with Crippen LogP contribution in [0, 0.1) is 26.6 Å². The van der Waals surface area contributed by atoms with Gasteiger partial charge in [0.15, 0.2) is 0 Å². The SMILES string of the molecule is Cc1cc(C)nc(-n2nc(C)c3c2N(Cc2cccc(Cl)c2)C(=O)CC3c2ccc(F)cc2)n1. The number of amides is 1. The quantitative estimate of drug-likeness (QED) is 0.394. The topological polar surface area (TPSA) is 63.9 Å². The van der Waals surface area contributed by atoms with Crippen molar-refractivity contribution < 1.29 is 9.18 Å². The van der Waals surface area contributed by atoms with Gasteiger partial charge < -0.3 is 0 Å². The fourth-order valence-electron chi connectivity index (χ4n) is 4.60. The molecule has 34 heavy (non-hydrogen) atoms. The summed E-state index contributed by atoms with van der Waals surface area (Å²) in [6, 6.07) is 15.6. The van der Waals surface area contributed by atoms with Gasteiger partial charge in [-0.3, -0.25) is 9.69 Å². The van der Waals surface area contributed by atoms with Crippen molar-refractivity contribution in [1.29, 1.82) is 0 Å². The van der Waals surface area contributed by atoms with E-state index in [9.17, 15) is 9.18 Å². The lowest BCUT2D eigenvalue weighted by Crippen LogP contribution is -2.38. The third kappa shape index (κ3) is 4.07. The van der Waals surface area contributed by atoms with Crippen molar-refractivity contribution in [3.63, 3.8) is 0 Å². The van der Waals surface area contributed by atoms with E-state index in [0.29, 0.717) is 23.3 Å². The van der Waals surface area contributed by atoms with Crippen LogP contribution in [0.3, 0.4) is 0 Å². The van der Waals surface area contributed by atoms with Gasteiger partial charge in [0.1, 0.15) is 11.6 Å². The number of nitrogens with zero attached hydrogens (tertiary/aromatic N) is 5. The number of fused-ring (bicyclic) bond motifs is 1. The molecule has 0 bridgehead atoms. The maximum Gasteiger partial charge on any atom is 0.252 e. The second kappa shape index (κ2) is 8.65. The maximum atomic E-state index is 13.6. The molecule has 1 aliphatic rings. The van der Waals surface area contributed by atoms with Crippen molar-refractivity contribution in [3.8, 4) is 5.95 Å². The van der Waals surface area contributed by atoms with Gasteiger partial charge in [-0.2, -0.15) is 9.78 Å². The first kappa shape index (κ1) is 22.2. The average Bonchev–Trinajstić information content (AvgIpc) is 3.13. The number of halogens is 2. The predicted octanol–water partition coefficient (Wildman–Crippen LogP) is 5.45. The van der Waals surface area contributed by atoms with Gasteiger partial charge in [0.05, 0.1) is 12.2 Å². The van der Waals surface area contributed by atoms with Gasteiger partial charge >= 0.3 is 0 Å². The molecule has 1 aliphatic heterocycles. The van der Waals surface area contributed by atoms with E-state index >= 15 is 0 Å². The van der Waals surface area contributed by atoms with Crippen LogP contribution in [0.4, 0.5) is 10.2 Å². The van der Waals surface area contributed by atoms with Gasteiger partial charge in [-0.15, -0.1) is 0 Å². The van der Waals surface area contributed by atoms with Gasteiger partial charge in [-0.25, -0.2) is 14.4 Å². The smallest absolute Gasteiger partial charge is 0.252 e. The van der Waals surface area contributed by atoms with Gasteiger partial charge in [-0.1, -0.05) is 35.9 Å². The number of aryl methyl sites for hydroxylation is 3. The molecule has 1 amide bonds. The molecule has 0 spiro atoms. The molecule has 172 valence electrons. The highest BCUT2D eigenvalue weighted by Crippen LogP contribution is 2.43. The summed E-state index contributed by atoms with van der Waals surface area (Å²) in [5.41, 5.74) is 5.07. The van der Waals surface area contributed by atoms with E-state index < -0.39 is 0 Å². The molecule has 5 rings (SSSR count). The Bertz CT molecular complexity index is 1380. The molecule has 6 nitrogen and oxygen atoms in total. The Labute approximate surface area is 202 Å². The molecule has 8 heteroatoms. The minimum Gasteiger partial charge on any atom is -0.292 e. The van der Waals surface area contributed by atoms with E-state index in [1.165, 1.54) is 12.1 Å². The molecule has 2 aromatic heterocycles. The Kier molecular flexibility index (Phi) is 5.65. The molecule has 0 saturated carbocycles. The summed E-state index contributed by atoms with van der Waals surface area (Å²) in [5, 5.41) is 5.38. The highest BCUT2D eigenvalue weighted by molar-refractivity contribution is 6.30. The van der Waals surface area contributed by atoms with Crippen LogP contribution in [0.1, 0.15) is 46.1 Å². The van der Waals surface area contributed by atoms with Crippen LogP contribution >= 0.6 is 11.6 Å². The van der Waals surface area contributed by atoms with Crippen LogP contribution < -0.4 is 4.90 Å². The summed E-state index contributed by atoms with van der Waals surface area (Å²) in [6.07, 6.45) is 0.249. The first-order valence-corrected chi connectivity index (χ1v) is 11.4. The normalized spacial score (nSPS) is 15.5. The fraction of sp³-hybridized carbons (Fsp3) is 0.231. The predicted molar refractivity (Wildman–Crippen MR) is 129 cm³/mol. The average molecular weight is 476 g/mol. The van der Waals surface area contributed by atoms with Gasteiger partial charge in [0, 0.05) is 34.3 Å². The Morgan fingerprint density at radius 1 is 1.03 bits per heavy atom. The summed E-state index contributed by atoms with van der Waals surface area (Å²) in [6.45, 7) is 6.05. The molecule has 0 saturated heterocycles. The minimum atomic E-state index is -0.315. The summed E-state index contributed by atoms with van der Waals surface area (Å²) in [5.74, 6) is 0.411. The first-order valence-electron chi connectivity index (χ1n) is 11.0. The molecular weight excluding hydrogens is 453 g/mol. The first-order chi connectivity index (χ1) is 16.3. The summed E-state index contributed by atoms with van der Waals surface area (Å²) >= 11 is 6.21. The molecule has 4 aromatic rings. The van der Waals surface area contributed by atoms with Gasteiger partial charge in [0.25, 0.3) is 5.95 Å². The number of carbonyl (C=O) groups is 1. The summed E-state index contributed by atoms with van der Waals surface area (Å²) in [4.78, 5) is 24.5. The van der Waals surface area contributed by atoms with Crippen LogP contribution in [0.15, 0.2) is 54.6 Å². The van der Waals surface area contributed by atoms with Crippen molar-refractivity contribution in [3.05, 3.63) is 99.2 Å². The summed E-state index contributed by atoms with van der Waals surface area (Å²) < 4.78 is 15.3. The molecule has 0 N–H and O–H groups in total. The molecular formula is C26H23ClFN5O. The van der Waals surface area contributed by atoms with Crippen LogP contribution in [-0.4, -0.2) is 25.7 Å². The lowest BCUT2D eigenvalue weighted by atomic mass is 9.85. The number of anilines is 1. The third-order valence-corrected chi connectivity index (χ3v) is 6.26. The van der Waals surface area contributed by atoms with Crippen molar-refractivity contribution >= 4 is 23.3 Å². The number of hydrogen-bond donors (Lipinski definition) is 0. The number of aromatic nitrogens is 4. The molecule has 2 aromatic carbocycles. The monoisotopic (exact) mass is 475 g/mol. The van der Waals surface area contributed by atoms with E-state index in [1.807, 2.05) is 45.0 Å². The molecule has 3 heterocycles. The second-order valence-electron chi connectivity index (χ2n) is 8.60. The van der Waals surface area contributed by atoms with Crippen molar-refractivity contribution in [2.45, 2.75) is 39.7 Å². The van der Waals surface area contributed by atoms with Crippen molar-refractivity contribution in [2.24, 2.45) is 0 Å². The van der Waals surface area contributed by atoms with Crippen LogP contribution in [-0.2, 0) is 11.3 Å².